The van der Waals surface area contributed by atoms with Crippen molar-refractivity contribution in [3.8, 4) is 0 Å². The number of aliphatic imine (C=N–C) groups is 1. The fraction of sp³-hybridized carbons (Fsp3) is 0.500. The molecule has 1 N–H and O–H groups in total. The number of hydrogen-bond donors (Lipinski definition) is 1. The van der Waals surface area contributed by atoms with Crippen LogP contribution in [-0.2, 0) is 27.1 Å². The summed E-state index contributed by atoms with van der Waals surface area (Å²) in [6.45, 7) is 1.74. The van der Waals surface area contributed by atoms with Gasteiger partial charge in [-0.1, -0.05) is 0 Å². The molecule has 0 saturated heterocycles. The largest absolute Gasteiger partial charge is 0.356 e. The standard InChI is InChI=1S/C16H26N6.HI/c1-17-16(21(3)13-15-8-6-10-20(15)2)18-9-5-7-14-11-19-22(4)12-14;/h6,8,10-12H,5,7,9,13H2,1-4H3,(H,17,18);1H. The molecule has 0 bridgehead atoms. The summed E-state index contributed by atoms with van der Waals surface area (Å²) in [6, 6.07) is 4.19. The Hall–Kier alpha value is -1.51. The molecular formula is C16H27IN6. The molecule has 0 atom stereocenters. The monoisotopic (exact) mass is 430 g/mol. The molecule has 0 spiro atoms. The maximum atomic E-state index is 4.35. The summed E-state index contributed by atoms with van der Waals surface area (Å²) in [6.07, 6.45) is 8.14. The van der Waals surface area contributed by atoms with E-state index in [4.69, 9.17) is 0 Å². The second-order valence-electron chi connectivity index (χ2n) is 5.57. The number of halogens is 1. The molecule has 2 heterocycles. The van der Waals surface area contributed by atoms with Crippen LogP contribution < -0.4 is 5.32 Å². The predicted octanol–water partition coefficient (Wildman–Crippen LogP) is 2.02. The SMILES string of the molecule is CN=C(NCCCc1cnn(C)c1)N(C)Cc1cccn1C.I. The quantitative estimate of drug-likeness (QED) is 0.330. The van der Waals surface area contributed by atoms with Gasteiger partial charge in [-0.05, 0) is 30.5 Å². The van der Waals surface area contributed by atoms with Crippen LogP contribution in [-0.4, -0.2) is 45.8 Å². The zero-order valence-corrected chi connectivity index (χ0v) is 16.7. The van der Waals surface area contributed by atoms with E-state index in [1.807, 2.05) is 25.0 Å². The van der Waals surface area contributed by atoms with Gasteiger partial charge in [0.05, 0.1) is 12.7 Å². The third kappa shape index (κ3) is 5.89. The topological polar surface area (TPSA) is 50.4 Å². The Morgan fingerprint density at radius 2 is 2.17 bits per heavy atom. The van der Waals surface area contributed by atoms with Gasteiger partial charge in [-0.25, -0.2) is 0 Å². The van der Waals surface area contributed by atoms with Gasteiger partial charge in [-0.15, -0.1) is 24.0 Å². The van der Waals surface area contributed by atoms with Crippen molar-refractivity contribution in [2.24, 2.45) is 19.1 Å². The van der Waals surface area contributed by atoms with Gasteiger partial charge >= 0.3 is 0 Å². The first kappa shape index (κ1) is 19.5. The minimum Gasteiger partial charge on any atom is -0.356 e. The smallest absolute Gasteiger partial charge is 0.193 e. The molecule has 0 aromatic carbocycles. The Morgan fingerprint density at radius 3 is 2.74 bits per heavy atom. The van der Waals surface area contributed by atoms with Crippen LogP contribution >= 0.6 is 24.0 Å². The Morgan fingerprint density at radius 1 is 1.39 bits per heavy atom. The molecular weight excluding hydrogens is 403 g/mol. The molecule has 23 heavy (non-hydrogen) atoms. The number of nitrogens with one attached hydrogen (secondary N) is 1. The molecule has 0 saturated carbocycles. The molecule has 128 valence electrons. The maximum absolute atomic E-state index is 4.35. The van der Waals surface area contributed by atoms with Crippen LogP contribution in [0.3, 0.4) is 0 Å². The Labute approximate surface area is 155 Å². The first-order chi connectivity index (χ1) is 10.6. The molecule has 0 aliphatic rings. The minimum absolute atomic E-state index is 0. The summed E-state index contributed by atoms with van der Waals surface area (Å²) >= 11 is 0. The van der Waals surface area contributed by atoms with Crippen LogP contribution in [0.2, 0.25) is 0 Å². The second kappa shape index (κ2) is 9.59. The first-order valence-electron chi connectivity index (χ1n) is 7.59. The third-order valence-electron chi connectivity index (χ3n) is 3.71. The highest BCUT2D eigenvalue weighted by Gasteiger charge is 2.07. The van der Waals surface area contributed by atoms with Crippen molar-refractivity contribution in [3.63, 3.8) is 0 Å². The molecule has 2 aromatic heterocycles. The fourth-order valence-corrected chi connectivity index (χ4v) is 2.46. The summed E-state index contributed by atoms with van der Waals surface area (Å²) in [7, 11) is 7.89. The maximum Gasteiger partial charge on any atom is 0.193 e. The number of hydrogen-bond acceptors (Lipinski definition) is 2. The first-order valence-corrected chi connectivity index (χ1v) is 7.59. The molecule has 6 nitrogen and oxygen atoms in total. The third-order valence-corrected chi connectivity index (χ3v) is 3.71. The van der Waals surface area contributed by atoms with Crippen LogP contribution in [0, 0.1) is 0 Å². The lowest BCUT2D eigenvalue weighted by molar-refractivity contribution is 0.461. The van der Waals surface area contributed by atoms with Crippen molar-refractivity contribution in [3.05, 3.63) is 42.0 Å². The summed E-state index contributed by atoms with van der Waals surface area (Å²) < 4.78 is 3.97. The van der Waals surface area contributed by atoms with E-state index in [1.165, 1.54) is 11.3 Å². The zero-order chi connectivity index (χ0) is 15.9. The van der Waals surface area contributed by atoms with Crippen molar-refractivity contribution in [1.29, 1.82) is 0 Å². The zero-order valence-electron chi connectivity index (χ0n) is 14.4. The predicted molar refractivity (Wildman–Crippen MR) is 105 cm³/mol. The molecule has 0 amide bonds. The van der Waals surface area contributed by atoms with Crippen LogP contribution in [0.15, 0.2) is 35.7 Å². The number of nitrogens with zero attached hydrogens (tertiary/aromatic N) is 5. The van der Waals surface area contributed by atoms with Gasteiger partial charge in [0.15, 0.2) is 5.96 Å². The molecule has 2 aromatic rings. The van der Waals surface area contributed by atoms with Gasteiger partial charge in [0.25, 0.3) is 0 Å². The van der Waals surface area contributed by atoms with Gasteiger partial charge in [0.2, 0.25) is 0 Å². The highest BCUT2D eigenvalue weighted by atomic mass is 127. The van der Waals surface area contributed by atoms with Gasteiger partial charge in [-0.3, -0.25) is 9.67 Å². The number of guanidine groups is 1. The van der Waals surface area contributed by atoms with Gasteiger partial charge in [-0.2, -0.15) is 5.10 Å². The van der Waals surface area contributed by atoms with Crippen molar-refractivity contribution in [1.82, 2.24) is 24.6 Å². The van der Waals surface area contributed by atoms with Crippen molar-refractivity contribution < 1.29 is 0 Å². The van der Waals surface area contributed by atoms with E-state index < -0.39 is 0 Å². The molecule has 7 heteroatoms. The van der Waals surface area contributed by atoms with E-state index in [9.17, 15) is 0 Å². The average Bonchev–Trinajstić information content (AvgIpc) is 3.08. The summed E-state index contributed by atoms with van der Waals surface area (Å²) in [5.41, 5.74) is 2.54. The number of rotatable bonds is 6. The second-order valence-corrected chi connectivity index (χ2v) is 5.57. The van der Waals surface area contributed by atoms with E-state index in [0.29, 0.717) is 0 Å². The van der Waals surface area contributed by atoms with Crippen molar-refractivity contribution in [2.75, 3.05) is 20.6 Å². The summed E-state index contributed by atoms with van der Waals surface area (Å²) in [5, 5.41) is 7.60. The van der Waals surface area contributed by atoms with Gasteiger partial charge in [0.1, 0.15) is 0 Å². The highest BCUT2D eigenvalue weighted by Crippen LogP contribution is 2.04. The molecule has 0 radical (unpaired) electrons. The van der Waals surface area contributed by atoms with Gasteiger partial charge < -0.3 is 14.8 Å². The minimum atomic E-state index is 0. The summed E-state index contributed by atoms with van der Waals surface area (Å²) in [5.74, 6) is 0.924. The van der Waals surface area contributed by atoms with E-state index in [2.05, 4.69) is 63.5 Å². The van der Waals surface area contributed by atoms with E-state index in [0.717, 1.165) is 31.9 Å². The normalized spacial score (nSPS) is 11.2. The van der Waals surface area contributed by atoms with Gasteiger partial charge in [0, 0.05) is 52.8 Å². The summed E-state index contributed by atoms with van der Waals surface area (Å²) in [4.78, 5) is 6.49. The molecule has 0 aliphatic heterocycles. The average molecular weight is 430 g/mol. The van der Waals surface area contributed by atoms with E-state index >= 15 is 0 Å². The molecule has 0 unspecified atom stereocenters. The molecule has 0 aliphatic carbocycles. The molecule has 0 fully saturated rings. The lowest BCUT2D eigenvalue weighted by atomic mass is 10.2. The van der Waals surface area contributed by atoms with Crippen LogP contribution in [0.1, 0.15) is 17.7 Å². The number of aromatic nitrogens is 3. The van der Waals surface area contributed by atoms with E-state index in [-0.39, 0.29) is 24.0 Å². The lowest BCUT2D eigenvalue weighted by Crippen LogP contribution is -2.39. The van der Waals surface area contributed by atoms with Crippen molar-refractivity contribution >= 4 is 29.9 Å². The lowest BCUT2D eigenvalue weighted by Gasteiger charge is -2.22. The van der Waals surface area contributed by atoms with Crippen molar-refractivity contribution in [2.45, 2.75) is 19.4 Å². The van der Waals surface area contributed by atoms with Crippen LogP contribution in [0.5, 0.6) is 0 Å². The Balaban J connectivity index is 0.00000264. The molecule has 2 rings (SSSR count). The Kier molecular flexibility index (Phi) is 8.15. The number of aryl methyl sites for hydroxylation is 3. The van der Waals surface area contributed by atoms with Crippen LogP contribution in [0.25, 0.3) is 0 Å². The van der Waals surface area contributed by atoms with E-state index in [1.54, 1.807) is 0 Å². The highest BCUT2D eigenvalue weighted by molar-refractivity contribution is 14.0. The fourth-order valence-electron chi connectivity index (χ4n) is 2.46. The Bertz CT molecular complexity index is 616. The van der Waals surface area contributed by atoms with Crippen LogP contribution in [0.4, 0.5) is 0 Å².